The lowest BCUT2D eigenvalue weighted by atomic mass is 10.2. The number of methoxy groups -OCH3 is 1. The first-order valence-corrected chi connectivity index (χ1v) is 8.92. The van der Waals surface area contributed by atoms with Crippen LogP contribution < -0.4 is 10.2 Å². The van der Waals surface area contributed by atoms with Gasteiger partial charge in [0.2, 0.25) is 17.7 Å². The van der Waals surface area contributed by atoms with Gasteiger partial charge in [-0.15, -0.1) is 0 Å². The Hall–Kier alpha value is -3.07. The van der Waals surface area contributed by atoms with Gasteiger partial charge in [0.1, 0.15) is 11.9 Å². The van der Waals surface area contributed by atoms with Crippen molar-refractivity contribution in [1.82, 2.24) is 25.1 Å². The van der Waals surface area contributed by atoms with E-state index in [0.29, 0.717) is 36.6 Å². The zero-order valence-electron chi connectivity index (χ0n) is 15.1. The number of nitrogens with zero attached hydrogens (tertiary/aromatic N) is 6. The van der Waals surface area contributed by atoms with Gasteiger partial charge in [-0.1, -0.05) is 5.16 Å². The Morgan fingerprint density at radius 2 is 2.07 bits per heavy atom. The maximum Gasteiger partial charge on any atom is 0.249 e. The second-order valence-electron chi connectivity index (χ2n) is 6.18. The molecule has 9 heteroatoms. The van der Waals surface area contributed by atoms with Gasteiger partial charge in [0.15, 0.2) is 0 Å². The van der Waals surface area contributed by atoms with Gasteiger partial charge >= 0.3 is 0 Å². The van der Waals surface area contributed by atoms with Gasteiger partial charge < -0.3 is 19.5 Å². The summed E-state index contributed by atoms with van der Waals surface area (Å²) in [6, 6.07) is 5.56. The predicted molar refractivity (Wildman–Crippen MR) is 99.2 cm³/mol. The van der Waals surface area contributed by atoms with E-state index in [0.717, 1.165) is 24.9 Å². The standard InChI is InChI=1S/C18H21N7O2/c1-26-12-10-20-15-13(5-2-7-19-15)16-23-17(27-24-16)14-6-3-11-25(14)18-21-8-4-9-22-18/h2,4-5,7-9,14H,3,6,10-12H2,1H3,(H,19,20)/t14-/m0/s1. The first-order chi connectivity index (χ1) is 13.4. The molecule has 0 saturated carbocycles. The number of ether oxygens (including phenoxy) is 1. The Balaban J connectivity index is 1.57. The average Bonchev–Trinajstić information content (AvgIpc) is 3.39. The Morgan fingerprint density at radius 3 is 2.93 bits per heavy atom. The summed E-state index contributed by atoms with van der Waals surface area (Å²) in [7, 11) is 1.66. The van der Waals surface area contributed by atoms with Crippen LogP contribution in [0.5, 0.6) is 0 Å². The summed E-state index contributed by atoms with van der Waals surface area (Å²) < 4.78 is 10.7. The van der Waals surface area contributed by atoms with E-state index in [1.165, 1.54) is 0 Å². The average molecular weight is 367 g/mol. The summed E-state index contributed by atoms with van der Waals surface area (Å²) in [6.45, 7) is 2.09. The number of pyridine rings is 1. The molecule has 9 nitrogen and oxygen atoms in total. The number of aromatic nitrogens is 5. The molecule has 0 amide bonds. The van der Waals surface area contributed by atoms with E-state index in [-0.39, 0.29) is 6.04 Å². The van der Waals surface area contributed by atoms with Crippen LogP contribution in [0.1, 0.15) is 24.8 Å². The topological polar surface area (TPSA) is 102 Å². The lowest BCUT2D eigenvalue weighted by Gasteiger charge is -2.21. The van der Waals surface area contributed by atoms with E-state index in [1.54, 1.807) is 31.8 Å². The second kappa shape index (κ2) is 8.09. The minimum Gasteiger partial charge on any atom is -0.383 e. The monoisotopic (exact) mass is 367 g/mol. The molecule has 1 saturated heterocycles. The molecule has 4 heterocycles. The summed E-state index contributed by atoms with van der Waals surface area (Å²) >= 11 is 0. The van der Waals surface area contributed by atoms with E-state index in [9.17, 15) is 0 Å². The van der Waals surface area contributed by atoms with Crippen LogP contribution in [0.3, 0.4) is 0 Å². The zero-order chi connectivity index (χ0) is 18.5. The van der Waals surface area contributed by atoms with Gasteiger partial charge in [0.05, 0.1) is 12.2 Å². The molecule has 3 aromatic heterocycles. The molecule has 1 atom stereocenters. The molecule has 4 rings (SSSR count). The van der Waals surface area contributed by atoms with Crippen LogP contribution in [0.25, 0.3) is 11.4 Å². The number of nitrogens with one attached hydrogen (secondary N) is 1. The van der Waals surface area contributed by atoms with E-state index in [4.69, 9.17) is 9.26 Å². The third-order valence-electron chi connectivity index (χ3n) is 4.44. The van der Waals surface area contributed by atoms with Gasteiger partial charge in [0.25, 0.3) is 0 Å². The predicted octanol–water partition coefficient (Wildman–Crippen LogP) is 2.32. The highest BCUT2D eigenvalue weighted by atomic mass is 16.5. The number of hydrogen-bond acceptors (Lipinski definition) is 9. The second-order valence-corrected chi connectivity index (χ2v) is 6.18. The van der Waals surface area contributed by atoms with Crippen LogP contribution in [-0.4, -0.2) is 51.9 Å². The quantitative estimate of drug-likeness (QED) is 0.630. The highest BCUT2D eigenvalue weighted by molar-refractivity contribution is 5.69. The van der Waals surface area contributed by atoms with Crippen LogP contribution in [0.15, 0.2) is 41.3 Å². The van der Waals surface area contributed by atoms with Gasteiger partial charge in [-0.2, -0.15) is 4.98 Å². The molecule has 0 aliphatic carbocycles. The van der Waals surface area contributed by atoms with Gasteiger partial charge in [0, 0.05) is 38.8 Å². The Morgan fingerprint density at radius 1 is 1.22 bits per heavy atom. The third-order valence-corrected chi connectivity index (χ3v) is 4.44. The maximum atomic E-state index is 5.60. The molecule has 0 unspecified atom stereocenters. The molecule has 0 spiro atoms. The molecule has 1 aliphatic heterocycles. The van der Waals surface area contributed by atoms with Crippen molar-refractivity contribution in [1.29, 1.82) is 0 Å². The van der Waals surface area contributed by atoms with E-state index in [1.807, 2.05) is 12.1 Å². The minimum absolute atomic E-state index is 0.0183. The van der Waals surface area contributed by atoms with E-state index < -0.39 is 0 Å². The first kappa shape index (κ1) is 17.3. The SMILES string of the molecule is COCCNc1ncccc1-c1noc([C@@H]2CCCN2c2ncccn2)n1. The van der Waals surface area contributed by atoms with Crippen LogP contribution in [0.2, 0.25) is 0 Å². The summed E-state index contributed by atoms with van der Waals surface area (Å²) in [5.41, 5.74) is 0.795. The zero-order valence-corrected chi connectivity index (χ0v) is 15.1. The third kappa shape index (κ3) is 3.72. The Kier molecular flexibility index (Phi) is 5.20. The first-order valence-electron chi connectivity index (χ1n) is 8.92. The lowest BCUT2D eigenvalue weighted by Crippen LogP contribution is -2.24. The van der Waals surface area contributed by atoms with Gasteiger partial charge in [-0.05, 0) is 31.0 Å². The van der Waals surface area contributed by atoms with Crippen molar-refractivity contribution in [3.63, 3.8) is 0 Å². The number of rotatable bonds is 7. The number of hydrogen-bond donors (Lipinski definition) is 1. The van der Waals surface area contributed by atoms with Crippen molar-refractivity contribution in [2.45, 2.75) is 18.9 Å². The highest BCUT2D eigenvalue weighted by Gasteiger charge is 2.32. The molecule has 3 aromatic rings. The molecule has 1 aliphatic rings. The molecule has 0 bridgehead atoms. The van der Waals surface area contributed by atoms with Crippen molar-refractivity contribution in [2.24, 2.45) is 0 Å². The van der Waals surface area contributed by atoms with E-state index >= 15 is 0 Å². The highest BCUT2D eigenvalue weighted by Crippen LogP contribution is 2.34. The van der Waals surface area contributed by atoms with Gasteiger partial charge in [-0.3, -0.25) is 0 Å². The fraction of sp³-hybridized carbons (Fsp3) is 0.389. The molecule has 1 N–H and O–H groups in total. The molecule has 0 aromatic carbocycles. The van der Waals surface area contributed by atoms with Crippen molar-refractivity contribution >= 4 is 11.8 Å². The molecular weight excluding hydrogens is 346 g/mol. The molecule has 1 fully saturated rings. The molecule has 27 heavy (non-hydrogen) atoms. The Bertz CT molecular complexity index is 871. The molecule has 0 radical (unpaired) electrons. The maximum absolute atomic E-state index is 5.60. The van der Waals surface area contributed by atoms with Crippen molar-refractivity contribution in [2.75, 3.05) is 37.0 Å². The van der Waals surface area contributed by atoms with Crippen LogP contribution in [0, 0.1) is 0 Å². The summed E-state index contributed by atoms with van der Waals surface area (Å²) in [5.74, 6) is 2.47. The van der Waals surface area contributed by atoms with Crippen molar-refractivity contribution < 1.29 is 9.26 Å². The fourth-order valence-corrected chi connectivity index (χ4v) is 3.18. The summed E-state index contributed by atoms with van der Waals surface area (Å²) in [4.78, 5) is 19.8. The van der Waals surface area contributed by atoms with Crippen LogP contribution in [-0.2, 0) is 4.74 Å². The lowest BCUT2D eigenvalue weighted by molar-refractivity contribution is 0.210. The molecular formula is C18H21N7O2. The van der Waals surface area contributed by atoms with Gasteiger partial charge in [-0.25, -0.2) is 15.0 Å². The number of anilines is 2. The summed E-state index contributed by atoms with van der Waals surface area (Å²) in [5, 5.41) is 7.42. The molecule has 140 valence electrons. The largest absolute Gasteiger partial charge is 0.383 e. The van der Waals surface area contributed by atoms with Crippen molar-refractivity contribution in [3.05, 3.63) is 42.7 Å². The minimum atomic E-state index is -0.0183. The summed E-state index contributed by atoms with van der Waals surface area (Å²) in [6.07, 6.45) is 7.16. The fourth-order valence-electron chi connectivity index (χ4n) is 3.18. The van der Waals surface area contributed by atoms with Crippen LogP contribution in [0.4, 0.5) is 11.8 Å². The Labute approximate surface area is 156 Å². The smallest absolute Gasteiger partial charge is 0.249 e. The van der Waals surface area contributed by atoms with Crippen LogP contribution >= 0.6 is 0 Å². The normalized spacial score (nSPS) is 16.6. The van der Waals surface area contributed by atoms with Crippen molar-refractivity contribution in [3.8, 4) is 11.4 Å². The van der Waals surface area contributed by atoms with E-state index in [2.05, 4.69) is 35.3 Å².